The lowest BCUT2D eigenvalue weighted by Crippen LogP contribution is -2.30. The van der Waals surface area contributed by atoms with Crippen LogP contribution in [-0.4, -0.2) is 37.8 Å². The molecule has 0 spiro atoms. The second-order valence-electron chi connectivity index (χ2n) is 7.63. The first kappa shape index (κ1) is 21.5. The fourth-order valence-electron chi connectivity index (χ4n) is 3.23. The highest BCUT2D eigenvalue weighted by atomic mass is 35.5. The normalized spacial score (nSPS) is 11.2. The molecule has 1 aromatic carbocycles. The zero-order valence-electron chi connectivity index (χ0n) is 17.8. The molecule has 0 bridgehead atoms. The number of nitrogens with zero attached hydrogens (tertiary/aromatic N) is 3. The van der Waals surface area contributed by atoms with Crippen molar-refractivity contribution >= 4 is 40.1 Å². The molecule has 0 aliphatic rings. The van der Waals surface area contributed by atoms with E-state index in [0.29, 0.717) is 51.0 Å². The van der Waals surface area contributed by atoms with Crippen molar-refractivity contribution in [3.05, 3.63) is 70.0 Å². The molecule has 3 heterocycles. The fraction of sp³-hybridized carbons (Fsp3) is 0.227. The number of H-pyrrole nitrogens is 1. The quantitative estimate of drug-likeness (QED) is 0.313. The number of hydrogen-bond acceptors (Lipinski definition) is 7. The molecular weight excluding hydrogens is 430 g/mol. The maximum absolute atomic E-state index is 12.5. The molecule has 4 rings (SSSR count). The number of benzene rings is 1. The number of carbonyl (C=O) groups excluding carboxylic acids is 1. The van der Waals surface area contributed by atoms with E-state index in [4.69, 9.17) is 21.5 Å². The summed E-state index contributed by atoms with van der Waals surface area (Å²) in [6, 6.07) is 7.01. The van der Waals surface area contributed by atoms with Crippen LogP contribution in [0.4, 0.5) is 5.69 Å². The van der Waals surface area contributed by atoms with Crippen LogP contribution in [0, 0.1) is 12.3 Å². The van der Waals surface area contributed by atoms with Crippen LogP contribution in [0.1, 0.15) is 46.9 Å². The van der Waals surface area contributed by atoms with Crippen molar-refractivity contribution in [3.8, 4) is 0 Å². The zero-order chi connectivity index (χ0) is 22.8. The SMILES string of the molecule is Cc1cc(CNc2cc(Cl)ccc2C(=N)c2cnc3[nH]cc(C(=O)NC(C)C)c3n2)no1. The van der Waals surface area contributed by atoms with E-state index >= 15 is 0 Å². The third kappa shape index (κ3) is 4.47. The molecule has 0 unspecified atom stereocenters. The zero-order valence-corrected chi connectivity index (χ0v) is 18.5. The second kappa shape index (κ2) is 8.80. The van der Waals surface area contributed by atoms with E-state index in [1.807, 2.05) is 26.8 Å². The Bertz CT molecular complexity index is 1310. The molecule has 0 fully saturated rings. The Balaban J connectivity index is 1.66. The van der Waals surface area contributed by atoms with E-state index < -0.39 is 0 Å². The summed E-state index contributed by atoms with van der Waals surface area (Å²) in [7, 11) is 0. The van der Waals surface area contributed by atoms with Gasteiger partial charge in [-0.05, 0) is 39.0 Å². The maximum atomic E-state index is 12.5. The van der Waals surface area contributed by atoms with E-state index in [-0.39, 0.29) is 17.7 Å². The topological polar surface area (TPSA) is 133 Å². The molecule has 0 saturated heterocycles. The van der Waals surface area contributed by atoms with Crippen LogP contribution in [-0.2, 0) is 6.54 Å². The van der Waals surface area contributed by atoms with E-state index in [1.54, 1.807) is 24.4 Å². The van der Waals surface area contributed by atoms with Crippen molar-refractivity contribution in [2.45, 2.75) is 33.4 Å². The van der Waals surface area contributed by atoms with Gasteiger partial charge in [0, 0.05) is 34.6 Å². The van der Waals surface area contributed by atoms with Gasteiger partial charge in [0.2, 0.25) is 0 Å². The van der Waals surface area contributed by atoms with E-state index in [0.717, 1.165) is 5.69 Å². The summed E-state index contributed by atoms with van der Waals surface area (Å²) >= 11 is 6.19. The molecule has 164 valence electrons. The minimum atomic E-state index is -0.249. The molecule has 4 N–H and O–H groups in total. The number of fused-ring (bicyclic) bond motifs is 1. The molecular formula is C22H22ClN7O2. The second-order valence-corrected chi connectivity index (χ2v) is 8.07. The number of rotatable bonds is 7. The molecule has 3 aromatic heterocycles. The first-order valence-electron chi connectivity index (χ1n) is 10.0. The summed E-state index contributed by atoms with van der Waals surface area (Å²) in [6.07, 6.45) is 3.08. The van der Waals surface area contributed by atoms with Crippen LogP contribution in [0.3, 0.4) is 0 Å². The summed E-state index contributed by atoms with van der Waals surface area (Å²) in [5.41, 5.74) is 3.72. The molecule has 10 heteroatoms. The lowest BCUT2D eigenvalue weighted by molar-refractivity contribution is 0.0944. The molecule has 4 aromatic rings. The molecule has 0 aliphatic heterocycles. The Labute approximate surface area is 189 Å². The van der Waals surface area contributed by atoms with Gasteiger partial charge in [-0.15, -0.1) is 0 Å². The van der Waals surface area contributed by atoms with E-state index in [2.05, 4.69) is 30.7 Å². The summed E-state index contributed by atoms with van der Waals surface area (Å²) in [4.78, 5) is 24.4. The van der Waals surface area contributed by atoms with Crippen LogP contribution in [0.5, 0.6) is 0 Å². The van der Waals surface area contributed by atoms with Crippen LogP contribution >= 0.6 is 11.6 Å². The van der Waals surface area contributed by atoms with Crippen molar-refractivity contribution < 1.29 is 9.32 Å². The van der Waals surface area contributed by atoms with Crippen molar-refractivity contribution in [1.82, 2.24) is 25.4 Å². The van der Waals surface area contributed by atoms with Crippen LogP contribution in [0.15, 0.2) is 41.2 Å². The fourth-order valence-corrected chi connectivity index (χ4v) is 3.40. The highest BCUT2D eigenvalue weighted by molar-refractivity contribution is 6.31. The van der Waals surface area contributed by atoms with Crippen LogP contribution in [0.2, 0.25) is 5.02 Å². The molecule has 0 radical (unpaired) electrons. The van der Waals surface area contributed by atoms with Gasteiger partial charge < -0.3 is 20.1 Å². The van der Waals surface area contributed by atoms with Gasteiger partial charge >= 0.3 is 0 Å². The monoisotopic (exact) mass is 451 g/mol. The highest BCUT2D eigenvalue weighted by Crippen LogP contribution is 2.25. The molecule has 1 amide bonds. The van der Waals surface area contributed by atoms with Crippen LogP contribution < -0.4 is 10.6 Å². The van der Waals surface area contributed by atoms with Gasteiger partial charge in [0.05, 0.1) is 24.0 Å². The maximum Gasteiger partial charge on any atom is 0.255 e. The largest absolute Gasteiger partial charge is 0.379 e. The molecule has 0 aliphatic carbocycles. The number of carbonyl (C=O) groups is 1. The third-order valence-electron chi connectivity index (χ3n) is 4.69. The van der Waals surface area contributed by atoms with E-state index in [9.17, 15) is 4.79 Å². The predicted molar refractivity (Wildman–Crippen MR) is 122 cm³/mol. The van der Waals surface area contributed by atoms with Crippen molar-refractivity contribution in [1.29, 1.82) is 5.41 Å². The van der Waals surface area contributed by atoms with Crippen molar-refractivity contribution in [2.75, 3.05) is 5.32 Å². The van der Waals surface area contributed by atoms with Gasteiger partial charge in [0.1, 0.15) is 22.7 Å². The van der Waals surface area contributed by atoms with Gasteiger partial charge in [-0.1, -0.05) is 16.8 Å². The molecule has 32 heavy (non-hydrogen) atoms. The molecule has 0 atom stereocenters. The number of halogens is 1. The predicted octanol–water partition coefficient (Wildman–Crippen LogP) is 4.07. The molecule has 9 nitrogen and oxygen atoms in total. The van der Waals surface area contributed by atoms with Crippen LogP contribution in [0.25, 0.3) is 11.2 Å². The first-order chi connectivity index (χ1) is 15.3. The highest BCUT2D eigenvalue weighted by Gasteiger charge is 2.18. The minimum Gasteiger partial charge on any atom is -0.379 e. The Hall–Kier alpha value is -3.72. The first-order valence-corrected chi connectivity index (χ1v) is 10.4. The minimum absolute atomic E-state index is 0.0157. The summed E-state index contributed by atoms with van der Waals surface area (Å²) in [6.45, 7) is 5.99. The average Bonchev–Trinajstić information content (AvgIpc) is 3.36. The van der Waals surface area contributed by atoms with Gasteiger partial charge in [0.25, 0.3) is 5.91 Å². The summed E-state index contributed by atoms with van der Waals surface area (Å²) in [5.74, 6) is 0.467. The number of nitrogens with one attached hydrogen (secondary N) is 4. The number of aryl methyl sites for hydroxylation is 1. The van der Waals surface area contributed by atoms with Gasteiger partial charge in [-0.2, -0.15) is 0 Å². The van der Waals surface area contributed by atoms with E-state index in [1.165, 1.54) is 6.20 Å². The number of aromatic nitrogens is 4. The third-order valence-corrected chi connectivity index (χ3v) is 4.92. The number of hydrogen-bond donors (Lipinski definition) is 4. The summed E-state index contributed by atoms with van der Waals surface area (Å²) in [5, 5.41) is 19.4. The Morgan fingerprint density at radius 1 is 1.28 bits per heavy atom. The van der Waals surface area contributed by atoms with Gasteiger partial charge in [0.15, 0.2) is 5.65 Å². The standard InChI is InChI=1S/C22H22ClN7O2/c1-11(2)28-22(31)16-9-26-21-20(16)29-18(10-27-21)19(24)15-5-4-13(23)7-17(15)25-8-14-6-12(3)32-30-14/h4-7,9-11,24-25H,8H2,1-3H3,(H,26,27)(H,28,31). The summed E-state index contributed by atoms with van der Waals surface area (Å²) < 4.78 is 5.10. The Morgan fingerprint density at radius 2 is 2.09 bits per heavy atom. The lowest BCUT2D eigenvalue weighted by atomic mass is 10.0. The lowest BCUT2D eigenvalue weighted by Gasteiger charge is -2.13. The van der Waals surface area contributed by atoms with Gasteiger partial charge in [-0.3, -0.25) is 10.2 Å². The average molecular weight is 452 g/mol. The number of amides is 1. The smallest absolute Gasteiger partial charge is 0.255 e. The number of anilines is 1. The molecule has 0 saturated carbocycles. The number of aromatic amines is 1. The Kier molecular flexibility index (Phi) is 5.91. The van der Waals surface area contributed by atoms with Crippen molar-refractivity contribution in [2.24, 2.45) is 0 Å². The Morgan fingerprint density at radius 3 is 2.81 bits per heavy atom. The van der Waals surface area contributed by atoms with Crippen molar-refractivity contribution in [3.63, 3.8) is 0 Å². The van der Waals surface area contributed by atoms with Gasteiger partial charge in [-0.25, -0.2) is 9.97 Å².